The zero-order chi connectivity index (χ0) is 17.0. The Morgan fingerprint density at radius 2 is 1.83 bits per heavy atom. The molecule has 4 nitrogen and oxygen atoms in total. The van der Waals surface area contributed by atoms with Crippen LogP contribution in [0.25, 0.3) is 0 Å². The van der Waals surface area contributed by atoms with Gasteiger partial charge in [0.05, 0.1) is 0 Å². The molecule has 0 bridgehead atoms. The van der Waals surface area contributed by atoms with Crippen molar-refractivity contribution in [2.75, 3.05) is 19.6 Å². The molecule has 1 heterocycles. The molecule has 1 fully saturated rings. The molecule has 2 N–H and O–H groups in total. The lowest BCUT2D eigenvalue weighted by atomic mass is 9.89. The second kappa shape index (κ2) is 7.45. The summed E-state index contributed by atoms with van der Waals surface area (Å²) in [5, 5.41) is 18.9. The first-order valence-corrected chi connectivity index (χ1v) is 8.55. The van der Waals surface area contributed by atoms with Crippen LogP contribution in [0.1, 0.15) is 50.7 Å². The Hall–Kier alpha value is -1.39. The number of aliphatic carboxylic acids is 1. The minimum atomic E-state index is -1.65. The Bertz CT molecular complexity index is 514. The highest BCUT2D eigenvalue weighted by molar-refractivity contribution is 5.76. The third-order valence-corrected chi connectivity index (χ3v) is 4.87. The zero-order valence-electron chi connectivity index (χ0n) is 14.5. The van der Waals surface area contributed by atoms with Crippen LogP contribution in [-0.2, 0) is 11.2 Å². The molecule has 1 aliphatic rings. The highest BCUT2D eigenvalue weighted by Crippen LogP contribution is 2.24. The summed E-state index contributed by atoms with van der Waals surface area (Å²) in [6, 6.07) is 8.91. The Kier molecular flexibility index (Phi) is 5.82. The van der Waals surface area contributed by atoms with E-state index in [4.69, 9.17) is 5.11 Å². The van der Waals surface area contributed by atoms with E-state index >= 15 is 0 Å². The smallest absolute Gasteiger partial charge is 0.336 e. The average molecular weight is 319 g/mol. The van der Waals surface area contributed by atoms with Gasteiger partial charge in [-0.05, 0) is 62.2 Å². The predicted octanol–water partition coefficient (Wildman–Crippen LogP) is 2.90. The maximum absolute atomic E-state index is 11.0. The summed E-state index contributed by atoms with van der Waals surface area (Å²) >= 11 is 0. The third kappa shape index (κ3) is 5.05. The lowest BCUT2D eigenvalue weighted by Gasteiger charge is -2.35. The normalized spacial score (nSPS) is 19.7. The number of carboxylic acids is 1. The molecule has 0 spiro atoms. The van der Waals surface area contributed by atoms with Crippen LogP contribution in [0, 0.1) is 5.92 Å². The van der Waals surface area contributed by atoms with Gasteiger partial charge in [-0.25, -0.2) is 4.79 Å². The number of likely N-dealkylation sites (tertiary alicyclic amines) is 1. The zero-order valence-corrected chi connectivity index (χ0v) is 14.5. The van der Waals surface area contributed by atoms with Gasteiger partial charge in [0.2, 0.25) is 0 Å². The summed E-state index contributed by atoms with van der Waals surface area (Å²) in [5.41, 5.74) is 1.10. The van der Waals surface area contributed by atoms with Crippen molar-refractivity contribution in [3.05, 3.63) is 35.4 Å². The van der Waals surface area contributed by atoms with Crippen LogP contribution in [-0.4, -0.2) is 46.3 Å². The number of benzene rings is 1. The van der Waals surface area contributed by atoms with Gasteiger partial charge in [-0.15, -0.1) is 0 Å². The van der Waals surface area contributed by atoms with Crippen molar-refractivity contribution in [1.82, 2.24) is 4.90 Å². The highest BCUT2D eigenvalue weighted by atomic mass is 16.4. The molecule has 1 aliphatic heterocycles. The highest BCUT2D eigenvalue weighted by Gasteiger charge is 2.33. The maximum Gasteiger partial charge on any atom is 0.336 e. The topological polar surface area (TPSA) is 60.8 Å². The number of aliphatic hydroxyl groups is 1. The Morgan fingerprint density at radius 3 is 2.30 bits per heavy atom. The Morgan fingerprint density at radius 1 is 1.26 bits per heavy atom. The Labute approximate surface area is 139 Å². The number of hydrogen-bond acceptors (Lipinski definition) is 3. The van der Waals surface area contributed by atoms with Crippen LogP contribution in [0.3, 0.4) is 0 Å². The van der Waals surface area contributed by atoms with Crippen LogP contribution in [0.4, 0.5) is 0 Å². The number of carboxylic acid groups (broad SMARTS) is 1. The molecule has 0 aliphatic carbocycles. The molecular formula is C19H29NO3. The van der Waals surface area contributed by atoms with Crippen molar-refractivity contribution >= 4 is 5.97 Å². The second-order valence-corrected chi connectivity index (χ2v) is 7.40. The monoisotopic (exact) mass is 319 g/mol. The second-order valence-electron chi connectivity index (χ2n) is 7.40. The first-order valence-electron chi connectivity index (χ1n) is 8.55. The van der Waals surface area contributed by atoms with Gasteiger partial charge in [0.15, 0.2) is 5.60 Å². The SMILES string of the molecule is CC(C)c1ccc(CC2CCN(CC(C)(O)C(=O)O)CC2)cc1. The summed E-state index contributed by atoms with van der Waals surface area (Å²) < 4.78 is 0. The maximum atomic E-state index is 11.0. The number of rotatable bonds is 6. The van der Waals surface area contributed by atoms with E-state index < -0.39 is 11.6 Å². The van der Waals surface area contributed by atoms with Gasteiger partial charge in [-0.3, -0.25) is 4.90 Å². The van der Waals surface area contributed by atoms with E-state index in [0.717, 1.165) is 32.4 Å². The van der Waals surface area contributed by atoms with Crippen molar-refractivity contribution < 1.29 is 15.0 Å². The minimum absolute atomic E-state index is 0.206. The van der Waals surface area contributed by atoms with Gasteiger partial charge < -0.3 is 10.2 Å². The summed E-state index contributed by atoms with van der Waals surface area (Å²) in [6.07, 6.45) is 3.20. The van der Waals surface area contributed by atoms with Gasteiger partial charge in [-0.1, -0.05) is 38.1 Å². The number of hydrogen-bond donors (Lipinski definition) is 2. The largest absolute Gasteiger partial charge is 0.479 e. The number of β-amino-alcohol motifs (C(OH)–C–C–N with tert-alkyl or cyclic N) is 1. The molecule has 1 saturated heterocycles. The summed E-state index contributed by atoms with van der Waals surface area (Å²) in [4.78, 5) is 13.1. The quantitative estimate of drug-likeness (QED) is 0.846. The van der Waals surface area contributed by atoms with E-state index in [1.807, 2.05) is 0 Å². The van der Waals surface area contributed by atoms with Crippen molar-refractivity contribution in [2.45, 2.75) is 51.6 Å². The van der Waals surface area contributed by atoms with Gasteiger partial charge in [-0.2, -0.15) is 0 Å². The summed E-state index contributed by atoms with van der Waals surface area (Å²) in [6.45, 7) is 7.71. The fraction of sp³-hybridized carbons (Fsp3) is 0.632. The predicted molar refractivity (Wildman–Crippen MR) is 91.7 cm³/mol. The molecule has 0 amide bonds. The first-order chi connectivity index (χ1) is 10.8. The van der Waals surface area contributed by atoms with Crippen molar-refractivity contribution in [3.63, 3.8) is 0 Å². The number of piperidine rings is 1. The molecule has 0 radical (unpaired) electrons. The molecule has 1 aromatic rings. The van der Waals surface area contributed by atoms with Crippen LogP contribution in [0.15, 0.2) is 24.3 Å². The van der Waals surface area contributed by atoms with E-state index in [1.54, 1.807) is 0 Å². The third-order valence-electron chi connectivity index (χ3n) is 4.87. The van der Waals surface area contributed by atoms with Gasteiger partial charge >= 0.3 is 5.97 Å². The van der Waals surface area contributed by atoms with Gasteiger partial charge in [0.25, 0.3) is 0 Å². The summed E-state index contributed by atoms with van der Waals surface area (Å²) in [7, 11) is 0. The lowest BCUT2D eigenvalue weighted by Crippen LogP contribution is -2.49. The molecule has 1 unspecified atom stereocenters. The van der Waals surface area contributed by atoms with Gasteiger partial charge in [0, 0.05) is 6.54 Å². The van der Waals surface area contributed by atoms with E-state index in [1.165, 1.54) is 18.1 Å². The van der Waals surface area contributed by atoms with Crippen LogP contribution in [0.2, 0.25) is 0 Å². The molecule has 1 aromatic carbocycles. The van der Waals surface area contributed by atoms with Crippen LogP contribution < -0.4 is 0 Å². The van der Waals surface area contributed by atoms with Gasteiger partial charge in [0.1, 0.15) is 0 Å². The Balaban J connectivity index is 1.81. The minimum Gasteiger partial charge on any atom is -0.479 e. The molecule has 128 valence electrons. The molecule has 0 aromatic heterocycles. The molecule has 23 heavy (non-hydrogen) atoms. The fourth-order valence-corrected chi connectivity index (χ4v) is 3.22. The van der Waals surface area contributed by atoms with Crippen molar-refractivity contribution in [1.29, 1.82) is 0 Å². The van der Waals surface area contributed by atoms with Crippen LogP contribution >= 0.6 is 0 Å². The standard InChI is InChI=1S/C19H29NO3/c1-14(2)17-6-4-15(5-7-17)12-16-8-10-20(11-9-16)13-19(3,23)18(21)22/h4-7,14,16,23H,8-13H2,1-3H3,(H,21,22). The molecule has 0 saturated carbocycles. The molecule has 1 atom stereocenters. The lowest BCUT2D eigenvalue weighted by molar-refractivity contribution is -0.158. The van der Waals surface area contributed by atoms with Crippen molar-refractivity contribution in [3.8, 4) is 0 Å². The van der Waals surface area contributed by atoms with E-state index in [-0.39, 0.29) is 6.54 Å². The number of carbonyl (C=O) groups is 1. The summed E-state index contributed by atoms with van der Waals surface area (Å²) in [5.74, 6) is 0.0603. The molecular weight excluding hydrogens is 290 g/mol. The van der Waals surface area contributed by atoms with Crippen LogP contribution in [0.5, 0.6) is 0 Å². The average Bonchev–Trinajstić information content (AvgIpc) is 2.49. The van der Waals surface area contributed by atoms with Crippen molar-refractivity contribution in [2.24, 2.45) is 5.92 Å². The molecule has 4 heteroatoms. The van der Waals surface area contributed by atoms with E-state index in [2.05, 4.69) is 43.0 Å². The van der Waals surface area contributed by atoms with E-state index in [9.17, 15) is 9.90 Å². The first kappa shape index (κ1) is 18.0. The molecule has 2 rings (SSSR count). The number of nitrogens with zero attached hydrogens (tertiary/aromatic N) is 1. The fourth-order valence-electron chi connectivity index (χ4n) is 3.22. The van der Waals surface area contributed by atoms with E-state index in [0.29, 0.717) is 11.8 Å².